The predicted octanol–water partition coefficient (Wildman–Crippen LogP) is 3.67. The molecule has 0 aliphatic carbocycles. The van der Waals surface area contributed by atoms with E-state index in [1.165, 1.54) is 13.0 Å². The number of anilines is 1. The van der Waals surface area contributed by atoms with E-state index in [4.69, 9.17) is 0 Å². The molecule has 1 saturated heterocycles. The van der Waals surface area contributed by atoms with Crippen molar-refractivity contribution in [1.82, 2.24) is 0 Å². The number of nitro groups is 1. The molecule has 2 rings (SSSR count). The highest BCUT2D eigenvalue weighted by atomic mass is 16.6. The summed E-state index contributed by atoms with van der Waals surface area (Å²) in [5.74, 6) is 1.20. The van der Waals surface area contributed by atoms with Crippen molar-refractivity contribution in [3.05, 3.63) is 33.9 Å². The van der Waals surface area contributed by atoms with Crippen molar-refractivity contribution < 1.29 is 9.72 Å². The van der Waals surface area contributed by atoms with E-state index in [9.17, 15) is 14.9 Å². The zero-order chi connectivity index (χ0) is 15.6. The van der Waals surface area contributed by atoms with Gasteiger partial charge in [-0.1, -0.05) is 13.8 Å². The lowest BCUT2D eigenvalue weighted by atomic mass is 9.86. The third kappa shape index (κ3) is 3.40. The molecule has 0 radical (unpaired) electrons. The Balaban J connectivity index is 2.24. The number of hydrogen-bond acceptors (Lipinski definition) is 4. The second-order valence-electron chi connectivity index (χ2n) is 6.09. The third-order valence-electron chi connectivity index (χ3n) is 4.40. The van der Waals surface area contributed by atoms with Crippen molar-refractivity contribution in [1.29, 1.82) is 0 Å². The Morgan fingerprint density at radius 2 is 1.95 bits per heavy atom. The van der Waals surface area contributed by atoms with E-state index in [0.717, 1.165) is 25.9 Å². The molecule has 114 valence electrons. The van der Waals surface area contributed by atoms with Gasteiger partial charge in [-0.3, -0.25) is 14.9 Å². The van der Waals surface area contributed by atoms with E-state index in [-0.39, 0.29) is 11.5 Å². The molecule has 1 aromatic rings. The number of nitro benzene ring substituents is 1. The van der Waals surface area contributed by atoms with Gasteiger partial charge in [0, 0.05) is 24.7 Å². The van der Waals surface area contributed by atoms with Crippen LogP contribution in [-0.2, 0) is 0 Å². The van der Waals surface area contributed by atoms with Gasteiger partial charge < -0.3 is 4.90 Å². The molecule has 0 saturated carbocycles. The van der Waals surface area contributed by atoms with Gasteiger partial charge in [-0.2, -0.15) is 0 Å². The lowest BCUT2D eigenvalue weighted by Gasteiger charge is -2.35. The van der Waals surface area contributed by atoms with Gasteiger partial charge in [-0.05, 0) is 43.7 Å². The molecular formula is C16H22N2O3. The van der Waals surface area contributed by atoms with Crippen LogP contribution < -0.4 is 4.90 Å². The number of Topliss-reactive ketones (excluding diaryl/α,β-unsaturated/α-hetero) is 1. The van der Waals surface area contributed by atoms with Gasteiger partial charge >= 0.3 is 0 Å². The SMILES string of the molecule is CC(=O)c1ccc(N2CCC(C(C)C)CC2)c([N+](=O)[O-])c1. The molecule has 1 fully saturated rings. The Bertz CT molecular complexity index is 546. The highest BCUT2D eigenvalue weighted by Gasteiger charge is 2.26. The van der Waals surface area contributed by atoms with E-state index in [1.54, 1.807) is 12.1 Å². The Kier molecular flexibility index (Phi) is 4.60. The molecule has 1 aromatic carbocycles. The first kappa shape index (κ1) is 15.5. The minimum atomic E-state index is -0.393. The van der Waals surface area contributed by atoms with Crippen LogP contribution in [-0.4, -0.2) is 23.8 Å². The van der Waals surface area contributed by atoms with Crippen molar-refractivity contribution in [2.24, 2.45) is 11.8 Å². The van der Waals surface area contributed by atoms with Crippen LogP contribution >= 0.6 is 0 Å². The molecule has 0 amide bonds. The number of carbonyl (C=O) groups excluding carboxylic acids is 1. The van der Waals surface area contributed by atoms with E-state index >= 15 is 0 Å². The van der Waals surface area contributed by atoms with Crippen molar-refractivity contribution in [3.8, 4) is 0 Å². The molecule has 21 heavy (non-hydrogen) atoms. The number of ketones is 1. The summed E-state index contributed by atoms with van der Waals surface area (Å²) in [6, 6.07) is 4.79. The lowest BCUT2D eigenvalue weighted by molar-refractivity contribution is -0.384. The van der Waals surface area contributed by atoms with Gasteiger partial charge in [-0.25, -0.2) is 0 Å². The summed E-state index contributed by atoms with van der Waals surface area (Å²) in [5.41, 5.74) is 1.06. The molecule has 1 aliphatic heterocycles. The van der Waals surface area contributed by atoms with Gasteiger partial charge in [0.2, 0.25) is 0 Å². The molecule has 0 atom stereocenters. The van der Waals surface area contributed by atoms with Gasteiger partial charge in [0.05, 0.1) is 4.92 Å². The minimum absolute atomic E-state index is 0.0331. The standard InChI is InChI=1S/C16H22N2O3/c1-11(2)13-6-8-17(9-7-13)15-5-4-14(12(3)19)10-16(15)18(20)21/h4-5,10-11,13H,6-9H2,1-3H3. The van der Waals surface area contributed by atoms with Gasteiger partial charge in [0.25, 0.3) is 5.69 Å². The van der Waals surface area contributed by atoms with E-state index in [1.807, 2.05) is 0 Å². The van der Waals surface area contributed by atoms with Crippen molar-refractivity contribution >= 4 is 17.2 Å². The molecular weight excluding hydrogens is 268 g/mol. The largest absolute Gasteiger partial charge is 0.366 e. The first-order valence-electron chi connectivity index (χ1n) is 7.44. The maximum absolute atomic E-state index is 11.4. The zero-order valence-corrected chi connectivity index (χ0v) is 12.8. The predicted molar refractivity (Wildman–Crippen MR) is 82.9 cm³/mol. The molecule has 5 heteroatoms. The van der Waals surface area contributed by atoms with Crippen molar-refractivity contribution in [2.75, 3.05) is 18.0 Å². The molecule has 0 bridgehead atoms. The van der Waals surface area contributed by atoms with Crippen LogP contribution in [0.2, 0.25) is 0 Å². The Labute approximate surface area is 125 Å². The lowest BCUT2D eigenvalue weighted by Crippen LogP contribution is -2.35. The third-order valence-corrected chi connectivity index (χ3v) is 4.40. The van der Waals surface area contributed by atoms with Crippen molar-refractivity contribution in [2.45, 2.75) is 33.6 Å². The molecule has 0 spiro atoms. The topological polar surface area (TPSA) is 63.5 Å². The summed E-state index contributed by atoms with van der Waals surface area (Å²) >= 11 is 0. The number of rotatable bonds is 4. The Hall–Kier alpha value is -1.91. The summed E-state index contributed by atoms with van der Waals surface area (Å²) in [5, 5.41) is 11.3. The first-order chi connectivity index (χ1) is 9.90. The monoisotopic (exact) mass is 290 g/mol. The van der Waals surface area contributed by atoms with Crippen LogP contribution in [0.15, 0.2) is 18.2 Å². The fourth-order valence-corrected chi connectivity index (χ4v) is 2.96. The van der Waals surface area contributed by atoms with Crippen LogP contribution in [0, 0.1) is 22.0 Å². The van der Waals surface area contributed by atoms with E-state index in [0.29, 0.717) is 23.1 Å². The highest BCUT2D eigenvalue weighted by molar-refractivity contribution is 5.95. The molecule has 1 aliphatic rings. The van der Waals surface area contributed by atoms with Gasteiger partial charge in [0.15, 0.2) is 5.78 Å². The average molecular weight is 290 g/mol. The van der Waals surface area contributed by atoms with Crippen LogP contribution in [0.5, 0.6) is 0 Å². The number of benzene rings is 1. The second-order valence-corrected chi connectivity index (χ2v) is 6.09. The molecule has 0 unspecified atom stereocenters. The summed E-state index contributed by atoms with van der Waals surface area (Å²) < 4.78 is 0. The Morgan fingerprint density at radius 3 is 2.43 bits per heavy atom. The quantitative estimate of drug-likeness (QED) is 0.482. The number of hydrogen-bond donors (Lipinski definition) is 0. The fourth-order valence-electron chi connectivity index (χ4n) is 2.96. The summed E-state index contributed by atoms with van der Waals surface area (Å²) in [6.07, 6.45) is 2.12. The van der Waals surface area contributed by atoms with Gasteiger partial charge in [-0.15, -0.1) is 0 Å². The van der Waals surface area contributed by atoms with Crippen LogP contribution in [0.25, 0.3) is 0 Å². The average Bonchev–Trinajstić information content (AvgIpc) is 2.46. The van der Waals surface area contributed by atoms with Crippen LogP contribution in [0.1, 0.15) is 44.0 Å². The summed E-state index contributed by atoms with van der Waals surface area (Å²) in [4.78, 5) is 24.3. The van der Waals surface area contributed by atoms with E-state index < -0.39 is 4.92 Å². The summed E-state index contributed by atoms with van der Waals surface area (Å²) in [6.45, 7) is 7.55. The molecule has 1 heterocycles. The number of carbonyl (C=O) groups is 1. The zero-order valence-electron chi connectivity index (χ0n) is 12.8. The van der Waals surface area contributed by atoms with Gasteiger partial charge in [0.1, 0.15) is 5.69 Å². The highest BCUT2D eigenvalue weighted by Crippen LogP contribution is 2.34. The number of nitrogens with zero attached hydrogens (tertiary/aromatic N) is 2. The minimum Gasteiger partial charge on any atom is -0.366 e. The molecule has 0 aromatic heterocycles. The number of piperidine rings is 1. The van der Waals surface area contributed by atoms with Crippen molar-refractivity contribution in [3.63, 3.8) is 0 Å². The molecule has 5 nitrogen and oxygen atoms in total. The Morgan fingerprint density at radius 1 is 1.33 bits per heavy atom. The maximum atomic E-state index is 11.4. The van der Waals surface area contributed by atoms with Crippen LogP contribution in [0.4, 0.5) is 11.4 Å². The fraction of sp³-hybridized carbons (Fsp3) is 0.562. The summed E-state index contributed by atoms with van der Waals surface area (Å²) in [7, 11) is 0. The van der Waals surface area contributed by atoms with Crippen LogP contribution in [0.3, 0.4) is 0 Å². The smallest absolute Gasteiger partial charge is 0.293 e. The first-order valence-corrected chi connectivity index (χ1v) is 7.44. The normalized spacial score (nSPS) is 16.3. The second kappa shape index (κ2) is 6.24. The van der Waals surface area contributed by atoms with E-state index in [2.05, 4.69) is 18.7 Å². The molecule has 0 N–H and O–H groups in total. The maximum Gasteiger partial charge on any atom is 0.293 e.